The second-order valence-electron chi connectivity index (χ2n) is 6.53. The molecule has 3 heterocycles. The highest BCUT2D eigenvalue weighted by Gasteiger charge is 2.45. The summed E-state index contributed by atoms with van der Waals surface area (Å²) in [6, 6.07) is 0. The largest absolute Gasteiger partial charge is 0.376 e. The average Bonchev–Trinajstić information content (AvgIpc) is 2.90. The zero-order chi connectivity index (χ0) is 14.7. The summed E-state index contributed by atoms with van der Waals surface area (Å²) in [6.07, 6.45) is 5.40. The third kappa shape index (κ3) is 3.57. The highest BCUT2D eigenvalue weighted by molar-refractivity contribution is 7.99. The highest BCUT2D eigenvalue weighted by atomic mass is 32.2. The molecule has 120 valence electrons. The van der Waals surface area contributed by atoms with Gasteiger partial charge in [0.15, 0.2) is 0 Å². The summed E-state index contributed by atoms with van der Waals surface area (Å²) < 4.78 is 11.8. The molecule has 0 N–H and O–H groups in total. The Bertz CT molecular complexity index is 373. The first-order chi connectivity index (χ1) is 10.2. The monoisotopic (exact) mass is 313 g/mol. The van der Waals surface area contributed by atoms with Gasteiger partial charge in [0.1, 0.15) is 0 Å². The SMILES string of the molecule is CCO[C@@H]1CO[C@@]2(CCCN(C(=O)C3CCSCC3)C2)C1. The lowest BCUT2D eigenvalue weighted by molar-refractivity contribution is -0.143. The van der Waals surface area contributed by atoms with Gasteiger partial charge >= 0.3 is 0 Å². The predicted octanol–water partition coefficient (Wildman–Crippen LogP) is 2.32. The molecule has 3 saturated heterocycles. The van der Waals surface area contributed by atoms with E-state index < -0.39 is 0 Å². The van der Waals surface area contributed by atoms with Gasteiger partial charge in [0.05, 0.1) is 18.3 Å². The van der Waals surface area contributed by atoms with Crippen LogP contribution >= 0.6 is 11.8 Å². The molecule has 3 aliphatic heterocycles. The number of hydrogen-bond acceptors (Lipinski definition) is 4. The Kier molecular flexibility index (Phi) is 5.12. The van der Waals surface area contributed by atoms with Gasteiger partial charge in [0.25, 0.3) is 0 Å². The van der Waals surface area contributed by atoms with Crippen LogP contribution in [0.3, 0.4) is 0 Å². The molecule has 4 nitrogen and oxygen atoms in total. The summed E-state index contributed by atoms with van der Waals surface area (Å²) in [5.74, 6) is 2.90. The van der Waals surface area contributed by atoms with Crippen LogP contribution in [0.25, 0.3) is 0 Å². The van der Waals surface area contributed by atoms with Crippen molar-refractivity contribution in [2.75, 3.05) is 37.8 Å². The fourth-order valence-corrected chi connectivity index (χ4v) is 5.03. The Labute approximate surface area is 131 Å². The summed E-state index contributed by atoms with van der Waals surface area (Å²) in [6.45, 7) is 5.15. The molecule has 3 fully saturated rings. The van der Waals surface area contributed by atoms with Crippen LogP contribution in [0.5, 0.6) is 0 Å². The van der Waals surface area contributed by atoms with Crippen LogP contribution in [0.2, 0.25) is 0 Å². The quantitative estimate of drug-likeness (QED) is 0.801. The van der Waals surface area contributed by atoms with E-state index in [1.807, 2.05) is 18.7 Å². The minimum atomic E-state index is -0.128. The zero-order valence-electron chi connectivity index (χ0n) is 13.0. The van der Waals surface area contributed by atoms with Crippen molar-refractivity contribution in [1.82, 2.24) is 4.90 Å². The van der Waals surface area contributed by atoms with Gasteiger partial charge in [-0.25, -0.2) is 0 Å². The van der Waals surface area contributed by atoms with Crippen LogP contribution < -0.4 is 0 Å². The van der Waals surface area contributed by atoms with Gasteiger partial charge in [0, 0.05) is 32.0 Å². The van der Waals surface area contributed by atoms with E-state index in [9.17, 15) is 4.79 Å². The molecule has 3 aliphatic rings. The van der Waals surface area contributed by atoms with E-state index in [-0.39, 0.29) is 17.6 Å². The van der Waals surface area contributed by atoms with E-state index in [0.717, 1.165) is 63.3 Å². The predicted molar refractivity (Wildman–Crippen MR) is 84.6 cm³/mol. The number of piperidine rings is 1. The number of thioether (sulfide) groups is 1. The minimum absolute atomic E-state index is 0.128. The molecule has 0 aromatic heterocycles. The Balaban J connectivity index is 1.59. The maximum absolute atomic E-state index is 12.7. The van der Waals surface area contributed by atoms with Gasteiger partial charge in [-0.1, -0.05) is 0 Å². The van der Waals surface area contributed by atoms with Gasteiger partial charge in [-0.05, 0) is 44.1 Å². The van der Waals surface area contributed by atoms with Crippen molar-refractivity contribution in [1.29, 1.82) is 0 Å². The second-order valence-corrected chi connectivity index (χ2v) is 7.75. The topological polar surface area (TPSA) is 38.8 Å². The fraction of sp³-hybridized carbons (Fsp3) is 0.938. The van der Waals surface area contributed by atoms with Gasteiger partial charge in [-0.15, -0.1) is 0 Å². The summed E-state index contributed by atoms with van der Waals surface area (Å²) in [5.41, 5.74) is -0.128. The standard InChI is InChI=1S/C16H27NO3S/c1-2-19-14-10-16(20-11-14)6-3-7-17(12-16)15(18)13-4-8-21-9-5-13/h13-14H,2-12H2,1H3/t14-,16-/m0/s1. The average molecular weight is 313 g/mol. The molecule has 0 saturated carbocycles. The van der Waals surface area contributed by atoms with Crippen LogP contribution in [0.15, 0.2) is 0 Å². The van der Waals surface area contributed by atoms with E-state index in [0.29, 0.717) is 12.5 Å². The van der Waals surface area contributed by atoms with Crippen molar-refractivity contribution < 1.29 is 14.3 Å². The van der Waals surface area contributed by atoms with Gasteiger partial charge in [-0.3, -0.25) is 4.79 Å². The number of likely N-dealkylation sites (tertiary alicyclic amines) is 1. The van der Waals surface area contributed by atoms with Crippen molar-refractivity contribution in [3.8, 4) is 0 Å². The smallest absolute Gasteiger partial charge is 0.225 e. The molecule has 1 amide bonds. The Morgan fingerprint density at radius 1 is 1.43 bits per heavy atom. The first-order valence-electron chi connectivity index (χ1n) is 8.34. The Hall–Kier alpha value is -0.260. The van der Waals surface area contributed by atoms with Gasteiger partial charge < -0.3 is 14.4 Å². The number of carbonyl (C=O) groups is 1. The fourth-order valence-electron chi connectivity index (χ4n) is 3.92. The molecule has 0 bridgehead atoms. The van der Waals surface area contributed by atoms with E-state index >= 15 is 0 Å². The molecule has 2 atom stereocenters. The Morgan fingerprint density at radius 3 is 3.00 bits per heavy atom. The molecular weight excluding hydrogens is 286 g/mol. The lowest BCUT2D eigenvalue weighted by atomic mass is 9.88. The first kappa shape index (κ1) is 15.6. The maximum atomic E-state index is 12.7. The third-order valence-electron chi connectivity index (χ3n) is 5.00. The van der Waals surface area contributed by atoms with Crippen molar-refractivity contribution in [2.45, 2.75) is 50.7 Å². The first-order valence-corrected chi connectivity index (χ1v) is 9.50. The third-order valence-corrected chi connectivity index (χ3v) is 6.05. The molecule has 5 heteroatoms. The van der Waals surface area contributed by atoms with E-state index in [1.54, 1.807) is 0 Å². The summed E-state index contributed by atoms with van der Waals surface area (Å²) in [4.78, 5) is 14.8. The van der Waals surface area contributed by atoms with Crippen molar-refractivity contribution in [3.05, 3.63) is 0 Å². The molecular formula is C16H27NO3S. The van der Waals surface area contributed by atoms with Crippen LogP contribution in [0, 0.1) is 5.92 Å². The van der Waals surface area contributed by atoms with Gasteiger partial charge in [0.2, 0.25) is 5.91 Å². The summed E-state index contributed by atoms with van der Waals surface area (Å²) in [5, 5.41) is 0. The van der Waals surface area contributed by atoms with Crippen molar-refractivity contribution in [3.63, 3.8) is 0 Å². The number of rotatable bonds is 3. The minimum Gasteiger partial charge on any atom is -0.376 e. The molecule has 0 aliphatic carbocycles. The number of ether oxygens (including phenoxy) is 2. The van der Waals surface area contributed by atoms with E-state index in [4.69, 9.17) is 9.47 Å². The van der Waals surface area contributed by atoms with Gasteiger partial charge in [-0.2, -0.15) is 11.8 Å². The highest BCUT2D eigenvalue weighted by Crippen LogP contribution is 2.37. The van der Waals surface area contributed by atoms with E-state index in [1.165, 1.54) is 0 Å². The van der Waals surface area contributed by atoms with E-state index in [2.05, 4.69) is 4.90 Å². The normalized spacial score (nSPS) is 34.5. The molecule has 21 heavy (non-hydrogen) atoms. The van der Waals surface area contributed by atoms with Crippen molar-refractivity contribution in [2.24, 2.45) is 5.92 Å². The van der Waals surface area contributed by atoms with Crippen LogP contribution in [0.4, 0.5) is 0 Å². The molecule has 3 rings (SSSR count). The van der Waals surface area contributed by atoms with Crippen LogP contribution in [-0.2, 0) is 14.3 Å². The molecule has 0 aromatic carbocycles. The summed E-state index contributed by atoms with van der Waals surface area (Å²) in [7, 11) is 0. The number of amides is 1. The van der Waals surface area contributed by atoms with Crippen molar-refractivity contribution >= 4 is 17.7 Å². The maximum Gasteiger partial charge on any atom is 0.225 e. The number of hydrogen-bond donors (Lipinski definition) is 0. The summed E-state index contributed by atoms with van der Waals surface area (Å²) >= 11 is 1.98. The lowest BCUT2D eigenvalue weighted by Gasteiger charge is -2.41. The van der Waals surface area contributed by atoms with Crippen LogP contribution in [0.1, 0.15) is 39.0 Å². The van der Waals surface area contributed by atoms with Crippen LogP contribution in [-0.4, -0.2) is 60.3 Å². The number of carbonyl (C=O) groups excluding carboxylic acids is 1. The molecule has 0 aromatic rings. The Morgan fingerprint density at radius 2 is 2.24 bits per heavy atom. The second kappa shape index (κ2) is 6.88. The molecule has 1 spiro atoms. The lowest BCUT2D eigenvalue weighted by Crippen LogP contribution is -2.52. The number of nitrogens with zero attached hydrogens (tertiary/aromatic N) is 1. The molecule has 0 radical (unpaired) electrons. The zero-order valence-corrected chi connectivity index (χ0v) is 13.8. The molecule has 0 unspecified atom stereocenters.